The number of carbonyl (C=O) groups is 2. The van der Waals surface area contributed by atoms with E-state index in [-0.39, 0.29) is 16.2 Å². The molecule has 1 aliphatic heterocycles. The Kier molecular flexibility index (Phi) is 6.80. The number of nitrogens with one attached hydrogen (secondary N) is 2. The Morgan fingerprint density at radius 1 is 1.29 bits per heavy atom. The van der Waals surface area contributed by atoms with Crippen molar-refractivity contribution in [3.8, 4) is 0 Å². The average molecular weight is 469 g/mol. The fraction of sp³-hybridized carbons (Fsp3) is 0.286. The molecule has 0 fully saturated rings. The lowest BCUT2D eigenvalue weighted by molar-refractivity contribution is -0.136. The van der Waals surface area contributed by atoms with Gasteiger partial charge in [0, 0.05) is 11.8 Å². The zero-order chi connectivity index (χ0) is 21.1. The summed E-state index contributed by atoms with van der Waals surface area (Å²) in [5.74, 6) is -2.74. The summed E-state index contributed by atoms with van der Waals surface area (Å²) in [5, 5.41) is 18.6. The molecule has 0 aliphatic carbocycles. The quantitative estimate of drug-likeness (QED) is 0.303. The van der Waals surface area contributed by atoms with Crippen LogP contribution in [0.15, 0.2) is 32.0 Å². The van der Waals surface area contributed by atoms with E-state index in [0.717, 1.165) is 12.3 Å². The van der Waals surface area contributed by atoms with Crippen LogP contribution in [0.2, 0.25) is 0 Å². The molecule has 0 saturated heterocycles. The van der Waals surface area contributed by atoms with Crippen LogP contribution in [-0.4, -0.2) is 51.0 Å². The van der Waals surface area contributed by atoms with Crippen LogP contribution >= 0.6 is 23.1 Å². The number of hydrogen-bond acceptors (Lipinski definition) is 8. The van der Waals surface area contributed by atoms with Crippen LogP contribution in [0.5, 0.6) is 0 Å². The molecule has 2 heterocycles. The minimum Gasteiger partial charge on any atom is -0.478 e. The van der Waals surface area contributed by atoms with Crippen molar-refractivity contribution in [2.45, 2.75) is 21.3 Å². The molecule has 28 heavy (non-hydrogen) atoms. The minimum atomic E-state index is -4.52. The third-order valence-electron chi connectivity index (χ3n) is 3.48. The van der Waals surface area contributed by atoms with Gasteiger partial charge >= 0.3 is 11.9 Å². The van der Waals surface area contributed by atoms with Crippen LogP contribution in [-0.2, 0) is 29.6 Å². The van der Waals surface area contributed by atoms with Gasteiger partial charge in [-0.1, -0.05) is 0 Å². The van der Waals surface area contributed by atoms with Crippen LogP contribution in [0.25, 0.3) is 6.08 Å². The zero-order valence-corrected chi connectivity index (χ0v) is 17.6. The highest BCUT2D eigenvalue weighted by Crippen LogP contribution is 2.33. The lowest BCUT2D eigenvalue weighted by Gasteiger charge is -2.11. The smallest absolute Gasteiger partial charge is 0.353 e. The van der Waals surface area contributed by atoms with Crippen molar-refractivity contribution in [3.63, 3.8) is 0 Å². The Morgan fingerprint density at radius 2 is 1.96 bits per heavy atom. The second-order valence-electron chi connectivity index (χ2n) is 5.43. The zero-order valence-electron chi connectivity index (χ0n) is 14.3. The summed E-state index contributed by atoms with van der Waals surface area (Å²) in [7, 11) is -8.43. The summed E-state index contributed by atoms with van der Waals surface area (Å²) >= 11 is 1.86. The molecule has 0 radical (unpaired) electrons. The number of thiophene rings is 1. The van der Waals surface area contributed by atoms with Crippen molar-refractivity contribution in [3.05, 3.63) is 29.1 Å². The van der Waals surface area contributed by atoms with Gasteiger partial charge in [-0.2, -0.15) is 11.8 Å². The highest BCUT2D eigenvalue weighted by atomic mass is 32.3. The second-order valence-corrected chi connectivity index (χ2v) is 11.3. The van der Waals surface area contributed by atoms with Crippen molar-refractivity contribution in [1.29, 1.82) is 0 Å². The Balaban J connectivity index is 2.46. The highest BCUT2D eigenvalue weighted by molar-refractivity contribution is 7.98. The maximum absolute atomic E-state index is 12.6. The Labute approximate surface area is 169 Å². The maximum Gasteiger partial charge on any atom is 0.353 e. The number of rotatable bonds is 9. The number of carboxylic acids is 2. The first-order valence-corrected chi connectivity index (χ1v) is 12.7. The first-order chi connectivity index (χ1) is 13.0. The van der Waals surface area contributed by atoms with Gasteiger partial charge in [0.05, 0.1) is 5.57 Å². The molecule has 0 spiro atoms. The first kappa shape index (κ1) is 22.3. The Bertz CT molecular complexity index is 1070. The van der Waals surface area contributed by atoms with Gasteiger partial charge in [-0.05, 0) is 37.0 Å². The van der Waals surface area contributed by atoms with Crippen LogP contribution < -0.4 is 9.44 Å². The van der Waals surface area contributed by atoms with E-state index in [1.165, 1.54) is 17.8 Å². The van der Waals surface area contributed by atoms with E-state index in [0.29, 0.717) is 23.5 Å². The number of carboxylic acid groups (broad SMARTS) is 2. The summed E-state index contributed by atoms with van der Waals surface area (Å²) in [5.41, 5.74) is -1.43. The molecule has 0 aromatic carbocycles. The fourth-order valence-corrected chi connectivity index (χ4v) is 6.77. The molecule has 154 valence electrons. The summed E-state index contributed by atoms with van der Waals surface area (Å²) in [6.07, 6.45) is 4.46. The third-order valence-corrected chi connectivity index (χ3v) is 9.03. The molecule has 0 amide bonds. The lowest BCUT2D eigenvalue weighted by Crippen LogP contribution is -2.30. The van der Waals surface area contributed by atoms with Gasteiger partial charge in [0.25, 0.3) is 20.0 Å². The van der Waals surface area contributed by atoms with Crippen LogP contribution in [0.1, 0.15) is 18.4 Å². The normalized spacial score (nSPS) is 15.9. The summed E-state index contributed by atoms with van der Waals surface area (Å²) < 4.78 is 52.3. The standard InChI is InChI=1S/C14H16N2O8S4/c1-25-6-2-3-9(12(17)18)11(13(19)20)16-27(21,22)10-7-8-4-5-15-28(23,24)14(8)26-10/h4-5,7,15-16H,2-3,6H2,1H3,(H,17,18)(H,19,20)/b11-9+. The minimum absolute atomic E-state index is 0.128. The van der Waals surface area contributed by atoms with E-state index < -0.39 is 47.5 Å². The monoisotopic (exact) mass is 468 g/mol. The second kappa shape index (κ2) is 8.55. The van der Waals surface area contributed by atoms with Crippen molar-refractivity contribution < 1.29 is 36.6 Å². The van der Waals surface area contributed by atoms with Crippen molar-refractivity contribution >= 4 is 61.2 Å². The predicted octanol–water partition coefficient (Wildman–Crippen LogP) is 0.856. The first-order valence-electron chi connectivity index (χ1n) is 7.54. The molecular weight excluding hydrogens is 452 g/mol. The molecule has 4 N–H and O–H groups in total. The number of hydrogen-bond donors (Lipinski definition) is 4. The SMILES string of the molecule is CSCCC/C(C(=O)O)=C(\NS(=O)(=O)c1cc2c(s1)S(=O)(=O)NC=C2)C(=O)O. The molecule has 0 bridgehead atoms. The molecule has 1 aromatic heterocycles. The largest absolute Gasteiger partial charge is 0.478 e. The van der Waals surface area contributed by atoms with Gasteiger partial charge in [0.1, 0.15) is 14.1 Å². The van der Waals surface area contributed by atoms with Gasteiger partial charge in [-0.3, -0.25) is 9.44 Å². The predicted molar refractivity (Wildman–Crippen MR) is 104 cm³/mol. The lowest BCUT2D eigenvalue weighted by atomic mass is 10.1. The van der Waals surface area contributed by atoms with Crippen LogP contribution in [0.4, 0.5) is 0 Å². The third kappa shape index (κ3) is 4.87. The summed E-state index contributed by atoms with van der Waals surface area (Å²) in [6, 6.07) is 1.07. The van der Waals surface area contributed by atoms with Crippen molar-refractivity contribution in [1.82, 2.24) is 9.44 Å². The van der Waals surface area contributed by atoms with E-state index in [1.54, 1.807) is 11.0 Å². The maximum atomic E-state index is 12.6. The van der Waals surface area contributed by atoms with Gasteiger partial charge in [0.15, 0.2) is 0 Å². The molecule has 14 heteroatoms. The number of thioether (sulfide) groups is 1. The molecular formula is C14H16N2O8S4. The van der Waals surface area contributed by atoms with E-state index in [2.05, 4.69) is 4.72 Å². The van der Waals surface area contributed by atoms with Crippen molar-refractivity contribution in [2.24, 2.45) is 0 Å². The topological polar surface area (TPSA) is 167 Å². The Morgan fingerprint density at radius 3 is 2.50 bits per heavy atom. The number of fused-ring (bicyclic) bond motifs is 1. The van der Waals surface area contributed by atoms with Gasteiger partial charge in [-0.25, -0.2) is 26.4 Å². The van der Waals surface area contributed by atoms with E-state index >= 15 is 0 Å². The summed E-state index contributed by atoms with van der Waals surface area (Å²) in [4.78, 5) is 23.0. The summed E-state index contributed by atoms with van der Waals surface area (Å²) in [6.45, 7) is 0. The molecule has 1 aromatic rings. The van der Waals surface area contributed by atoms with E-state index in [4.69, 9.17) is 0 Å². The van der Waals surface area contributed by atoms with Crippen LogP contribution in [0.3, 0.4) is 0 Å². The van der Waals surface area contributed by atoms with E-state index in [9.17, 15) is 36.6 Å². The van der Waals surface area contributed by atoms with Gasteiger partial charge < -0.3 is 10.2 Å². The molecule has 1 aliphatic rings. The van der Waals surface area contributed by atoms with Gasteiger partial charge in [-0.15, -0.1) is 11.3 Å². The van der Waals surface area contributed by atoms with Crippen LogP contribution in [0, 0.1) is 0 Å². The fourth-order valence-electron chi connectivity index (χ4n) is 2.24. The highest BCUT2D eigenvalue weighted by Gasteiger charge is 2.30. The van der Waals surface area contributed by atoms with Gasteiger partial charge in [0.2, 0.25) is 0 Å². The average Bonchev–Trinajstić information content (AvgIpc) is 3.03. The number of sulfonamides is 2. The van der Waals surface area contributed by atoms with E-state index in [1.807, 2.05) is 0 Å². The molecule has 0 saturated carbocycles. The molecule has 2 rings (SSSR count). The number of aliphatic carboxylic acids is 2. The van der Waals surface area contributed by atoms with Crippen molar-refractivity contribution in [2.75, 3.05) is 12.0 Å². The Hall–Kier alpha value is -2.03. The molecule has 0 unspecified atom stereocenters. The molecule has 0 atom stereocenters. The molecule has 10 nitrogen and oxygen atoms in total.